The van der Waals surface area contributed by atoms with Crippen molar-refractivity contribution in [2.24, 2.45) is 16.7 Å². The minimum absolute atomic E-state index is 0.140. The van der Waals surface area contributed by atoms with Crippen molar-refractivity contribution in [1.29, 1.82) is 0 Å². The van der Waals surface area contributed by atoms with Gasteiger partial charge in [-0.05, 0) is 0 Å². The quantitative estimate of drug-likeness (QED) is 0.207. The summed E-state index contributed by atoms with van der Waals surface area (Å²) in [6, 6.07) is 0. The van der Waals surface area contributed by atoms with Gasteiger partial charge in [-0.25, -0.2) is 0 Å². The Balaban J connectivity index is 3.50. The van der Waals surface area contributed by atoms with Crippen LogP contribution in [0.1, 0.15) is 0 Å². The number of hydrazone groups is 1. The number of carbonyl (C=O) groups excluding carboxylic acids is 1. The number of nitrogens with two attached hydrogens (primary N) is 2. The van der Waals surface area contributed by atoms with Crippen molar-refractivity contribution in [3.8, 4) is 0 Å². The third kappa shape index (κ3) is 4.60. The van der Waals surface area contributed by atoms with E-state index in [1.807, 2.05) is 0 Å². The van der Waals surface area contributed by atoms with Crippen molar-refractivity contribution >= 4 is 12.2 Å². The van der Waals surface area contributed by atoms with Crippen molar-refractivity contribution in [2.45, 2.75) is 0 Å². The second-order valence-electron chi connectivity index (χ2n) is 1.65. The molecular formula is C4H10N4O. The largest absolute Gasteiger partial charge is 0.368 e. The lowest BCUT2D eigenvalue weighted by Crippen LogP contribution is -2.29. The monoisotopic (exact) mass is 130 g/mol. The average molecular weight is 130 g/mol. The van der Waals surface area contributed by atoms with E-state index >= 15 is 0 Å². The Bertz CT molecular complexity index is 122. The maximum atomic E-state index is 10.2. The highest BCUT2D eigenvalue weighted by atomic mass is 16.1. The van der Waals surface area contributed by atoms with Gasteiger partial charge in [-0.1, -0.05) is 0 Å². The first-order valence-corrected chi connectivity index (χ1v) is 2.38. The summed E-state index contributed by atoms with van der Waals surface area (Å²) in [7, 11) is 1.65. The lowest BCUT2D eigenvalue weighted by Gasteiger charge is -2.07. The zero-order valence-electron chi connectivity index (χ0n) is 5.24. The highest BCUT2D eigenvalue weighted by Crippen LogP contribution is 1.71. The molecule has 0 heterocycles. The van der Waals surface area contributed by atoms with Crippen LogP contribution in [0.3, 0.4) is 0 Å². The van der Waals surface area contributed by atoms with Crippen LogP contribution in [0, 0.1) is 0 Å². The summed E-state index contributed by atoms with van der Waals surface area (Å²) in [5.74, 6) is 4.38. The number of hydrogen-bond acceptors (Lipinski definition) is 3. The van der Waals surface area contributed by atoms with Gasteiger partial charge in [-0.3, -0.25) is 4.79 Å². The molecule has 0 saturated carbocycles. The molecule has 0 aliphatic heterocycles. The van der Waals surface area contributed by atoms with E-state index in [4.69, 9.17) is 11.6 Å². The van der Waals surface area contributed by atoms with E-state index in [9.17, 15) is 4.79 Å². The highest BCUT2D eigenvalue weighted by Gasteiger charge is 1.95. The zero-order chi connectivity index (χ0) is 7.28. The van der Waals surface area contributed by atoms with Gasteiger partial charge in [0.05, 0.1) is 6.54 Å². The second-order valence-corrected chi connectivity index (χ2v) is 1.65. The SMILES string of the molecule is CN(C=NN)CC(N)=O. The van der Waals surface area contributed by atoms with E-state index in [0.29, 0.717) is 0 Å². The Morgan fingerprint density at radius 3 is 2.78 bits per heavy atom. The summed E-state index contributed by atoms with van der Waals surface area (Å²) >= 11 is 0. The van der Waals surface area contributed by atoms with E-state index < -0.39 is 5.91 Å². The molecule has 5 heteroatoms. The van der Waals surface area contributed by atoms with Crippen molar-refractivity contribution < 1.29 is 4.79 Å². The minimum atomic E-state index is -0.405. The van der Waals surface area contributed by atoms with Crippen LogP contribution in [-0.2, 0) is 4.79 Å². The molecule has 9 heavy (non-hydrogen) atoms. The topological polar surface area (TPSA) is 84.7 Å². The summed E-state index contributed by atoms with van der Waals surface area (Å²) in [5, 5.41) is 3.18. The summed E-state index contributed by atoms with van der Waals surface area (Å²) in [6.07, 6.45) is 1.32. The van der Waals surface area contributed by atoms with Crippen molar-refractivity contribution in [3.05, 3.63) is 0 Å². The maximum absolute atomic E-state index is 10.2. The number of rotatable bonds is 3. The van der Waals surface area contributed by atoms with Gasteiger partial charge in [-0.2, -0.15) is 5.10 Å². The van der Waals surface area contributed by atoms with Gasteiger partial charge >= 0.3 is 0 Å². The van der Waals surface area contributed by atoms with Gasteiger partial charge < -0.3 is 16.5 Å². The normalized spacial score (nSPS) is 9.89. The van der Waals surface area contributed by atoms with E-state index in [1.165, 1.54) is 11.2 Å². The fourth-order valence-corrected chi connectivity index (χ4v) is 0.400. The van der Waals surface area contributed by atoms with E-state index in [0.717, 1.165) is 0 Å². The maximum Gasteiger partial charge on any atom is 0.236 e. The predicted molar refractivity (Wildman–Crippen MR) is 34.5 cm³/mol. The van der Waals surface area contributed by atoms with E-state index in [1.54, 1.807) is 7.05 Å². The first-order valence-electron chi connectivity index (χ1n) is 2.38. The lowest BCUT2D eigenvalue weighted by atomic mass is 10.6. The molecule has 0 bridgehead atoms. The molecule has 52 valence electrons. The standard InChI is InChI=1S/C4H10N4O/c1-8(3-7-6)2-4(5)9/h3H,2,6H2,1H3,(H2,5,9). The number of nitrogens with zero attached hydrogens (tertiary/aromatic N) is 2. The third-order valence-electron chi connectivity index (χ3n) is 0.669. The van der Waals surface area contributed by atoms with Crippen LogP contribution in [0.25, 0.3) is 0 Å². The van der Waals surface area contributed by atoms with Crippen molar-refractivity contribution in [3.63, 3.8) is 0 Å². The van der Waals surface area contributed by atoms with E-state index in [-0.39, 0.29) is 6.54 Å². The molecular weight excluding hydrogens is 120 g/mol. The van der Waals surface area contributed by atoms with Gasteiger partial charge in [0.2, 0.25) is 5.91 Å². The molecule has 0 radical (unpaired) electrons. The van der Waals surface area contributed by atoms with Crippen LogP contribution in [0.15, 0.2) is 5.10 Å². The third-order valence-corrected chi connectivity index (χ3v) is 0.669. The molecule has 0 aliphatic rings. The number of carbonyl (C=O) groups is 1. The Morgan fingerprint density at radius 2 is 2.44 bits per heavy atom. The number of primary amides is 1. The fraction of sp³-hybridized carbons (Fsp3) is 0.500. The summed E-state index contributed by atoms with van der Waals surface area (Å²) in [4.78, 5) is 11.7. The predicted octanol–water partition coefficient (Wildman–Crippen LogP) is -1.69. The summed E-state index contributed by atoms with van der Waals surface area (Å²) in [5.41, 5.74) is 4.84. The molecule has 4 N–H and O–H groups in total. The van der Waals surface area contributed by atoms with Gasteiger partial charge in [0, 0.05) is 7.05 Å². The van der Waals surface area contributed by atoms with Gasteiger partial charge in [-0.15, -0.1) is 0 Å². The molecule has 1 amide bonds. The second kappa shape index (κ2) is 3.71. The summed E-state index contributed by atoms with van der Waals surface area (Å²) in [6.45, 7) is 0.140. The number of likely N-dealkylation sites (N-methyl/N-ethyl adjacent to an activating group) is 1. The number of amides is 1. The fourth-order valence-electron chi connectivity index (χ4n) is 0.400. The molecule has 0 unspecified atom stereocenters. The Hall–Kier alpha value is -1.26. The molecule has 0 atom stereocenters. The van der Waals surface area contributed by atoms with Crippen LogP contribution in [0.4, 0.5) is 0 Å². The first kappa shape index (κ1) is 7.74. The van der Waals surface area contributed by atoms with E-state index in [2.05, 4.69) is 5.10 Å². The Kier molecular flexibility index (Phi) is 3.19. The lowest BCUT2D eigenvalue weighted by molar-refractivity contribution is -0.118. The summed E-state index contributed by atoms with van der Waals surface area (Å²) < 4.78 is 0. The minimum Gasteiger partial charge on any atom is -0.368 e. The van der Waals surface area contributed by atoms with Crippen LogP contribution >= 0.6 is 0 Å². The molecule has 0 aromatic carbocycles. The van der Waals surface area contributed by atoms with Crippen LogP contribution < -0.4 is 11.6 Å². The molecule has 5 nitrogen and oxygen atoms in total. The molecule has 0 aromatic heterocycles. The van der Waals surface area contributed by atoms with Crippen LogP contribution in [0.2, 0.25) is 0 Å². The van der Waals surface area contributed by atoms with Gasteiger partial charge in [0.1, 0.15) is 6.34 Å². The molecule has 0 rings (SSSR count). The van der Waals surface area contributed by atoms with Gasteiger partial charge in [0.25, 0.3) is 0 Å². The molecule has 0 aliphatic carbocycles. The van der Waals surface area contributed by atoms with Crippen molar-refractivity contribution in [2.75, 3.05) is 13.6 Å². The Morgan fingerprint density at radius 1 is 1.89 bits per heavy atom. The molecule has 0 fully saturated rings. The van der Waals surface area contributed by atoms with Gasteiger partial charge in [0.15, 0.2) is 0 Å². The van der Waals surface area contributed by atoms with Crippen LogP contribution in [0.5, 0.6) is 0 Å². The molecule has 0 spiro atoms. The molecule has 0 aromatic rings. The molecule has 0 saturated heterocycles. The first-order chi connectivity index (χ1) is 4.16. The van der Waals surface area contributed by atoms with Crippen LogP contribution in [-0.4, -0.2) is 30.7 Å². The smallest absolute Gasteiger partial charge is 0.236 e. The highest BCUT2D eigenvalue weighted by molar-refractivity contribution is 5.78. The average Bonchev–Trinajstić information content (AvgIpc) is 1.63. The number of hydrogen-bond donors (Lipinski definition) is 2. The van der Waals surface area contributed by atoms with Crippen molar-refractivity contribution in [1.82, 2.24) is 4.90 Å². The Labute approximate surface area is 53.3 Å². The zero-order valence-corrected chi connectivity index (χ0v) is 5.24.